The molecular weight excluding hydrogens is 268 g/mol. The average molecular weight is 285 g/mol. The number of benzene rings is 1. The zero-order valence-electron chi connectivity index (χ0n) is 10.3. The van der Waals surface area contributed by atoms with Gasteiger partial charge in [-0.2, -0.15) is 0 Å². The Hall–Kier alpha value is -1.13. The van der Waals surface area contributed by atoms with Crippen molar-refractivity contribution in [3.05, 3.63) is 28.8 Å². The zero-order chi connectivity index (χ0) is 13.5. The molecule has 3 nitrogen and oxygen atoms in total. The molecule has 0 unspecified atom stereocenters. The van der Waals surface area contributed by atoms with Crippen LogP contribution in [0.5, 0.6) is 0 Å². The van der Waals surface area contributed by atoms with Crippen molar-refractivity contribution in [3.63, 3.8) is 0 Å². The molecular formula is C13H17ClN2OS. The highest BCUT2D eigenvalue weighted by atomic mass is 35.5. The number of carbonyl (C=O) groups is 1. The van der Waals surface area contributed by atoms with Crippen molar-refractivity contribution >= 4 is 40.4 Å². The maximum atomic E-state index is 11.6. The molecule has 0 fully saturated rings. The molecule has 0 heterocycles. The molecule has 0 saturated carbocycles. The Morgan fingerprint density at radius 1 is 1.44 bits per heavy atom. The van der Waals surface area contributed by atoms with E-state index in [1.165, 1.54) is 0 Å². The Kier molecular flexibility index (Phi) is 6.09. The Bertz CT molecular complexity index is 449. The molecule has 1 aromatic rings. The predicted molar refractivity (Wildman–Crippen MR) is 80.1 cm³/mol. The molecule has 5 heteroatoms. The van der Waals surface area contributed by atoms with Crippen molar-refractivity contribution in [2.45, 2.75) is 32.6 Å². The molecule has 3 N–H and O–H groups in total. The van der Waals surface area contributed by atoms with E-state index in [1.54, 1.807) is 18.2 Å². The van der Waals surface area contributed by atoms with Crippen molar-refractivity contribution in [2.24, 2.45) is 5.73 Å². The molecule has 0 aliphatic carbocycles. The van der Waals surface area contributed by atoms with Gasteiger partial charge in [0.25, 0.3) is 0 Å². The summed E-state index contributed by atoms with van der Waals surface area (Å²) in [6.07, 6.45) is 3.56. The van der Waals surface area contributed by atoms with Crippen molar-refractivity contribution in [1.82, 2.24) is 0 Å². The third-order valence-electron chi connectivity index (χ3n) is 2.54. The summed E-state index contributed by atoms with van der Waals surface area (Å²) < 4.78 is 0. The first kappa shape index (κ1) is 14.9. The van der Waals surface area contributed by atoms with E-state index < -0.39 is 0 Å². The number of nitrogens with one attached hydrogen (secondary N) is 1. The number of rotatable bonds is 6. The Morgan fingerprint density at radius 2 is 2.17 bits per heavy atom. The number of carbonyl (C=O) groups excluding carboxylic acids is 1. The lowest BCUT2D eigenvalue weighted by molar-refractivity contribution is -0.116. The van der Waals surface area contributed by atoms with Crippen LogP contribution in [0.25, 0.3) is 0 Å². The number of thiocarbonyl (C=S) groups is 1. The highest BCUT2D eigenvalue weighted by Crippen LogP contribution is 2.23. The molecule has 0 aliphatic heterocycles. The maximum absolute atomic E-state index is 11.6. The molecule has 0 radical (unpaired) electrons. The van der Waals surface area contributed by atoms with Gasteiger partial charge in [0.05, 0.1) is 10.7 Å². The van der Waals surface area contributed by atoms with Gasteiger partial charge < -0.3 is 11.1 Å². The minimum Gasteiger partial charge on any atom is -0.389 e. The van der Waals surface area contributed by atoms with Crippen LogP contribution in [0, 0.1) is 0 Å². The smallest absolute Gasteiger partial charge is 0.224 e. The number of amides is 1. The van der Waals surface area contributed by atoms with Crippen LogP contribution in [0.1, 0.15) is 38.2 Å². The minimum absolute atomic E-state index is 0.0200. The first-order chi connectivity index (χ1) is 8.54. The zero-order valence-corrected chi connectivity index (χ0v) is 11.9. The van der Waals surface area contributed by atoms with Gasteiger partial charge in [-0.15, -0.1) is 0 Å². The number of unbranched alkanes of at least 4 members (excludes halogenated alkanes) is 2. The van der Waals surface area contributed by atoms with E-state index >= 15 is 0 Å². The molecule has 98 valence electrons. The second kappa shape index (κ2) is 7.34. The Labute approximate surface area is 118 Å². The lowest BCUT2D eigenvalue weighted by Gasteiger charge is -2.08. The van der Waals surface area contributed by atoms with E-state index in [9.17, 15) is 4.79 Å². The first-order valence-corrected chi connectivity index (χ1v) is 6.72. The number of nitrogens with two attached hydrogens (primary N) is 1. The first-order valence-electron chi connectivity index (χ1n) is 5.93. The van der Waals surface area contributed by atoms with Crippen LogP contribution in [-0.2, 0) is 4.79 Å². The lowest BCUT2D eigenvalue weighted by atomic mass is 10.2. The standard InChI is InChI=1S/C13H17ClN2OS/c1-2-3-4-5-12(17)16-11-7-6-9(13(15)18)8-10(11)14/h6-8H,2-5H2,1H3,(H2,15,18)(H,16,17). The number of halogens is 1. The van der Waals surface area contributed by atoms with Crippen LogP contribution in [-0.4, -0.2) is 10.9 Å². The summed E-state index contributed by atoms with van der Waals surface area (Å²) in [7, 11) is 0. The van der Waals surface area contributed by atoms with Crippen LogP contribution in [0.2, 0.25) is 5.02 Å². The third-order valence-corrected chi connectivity index (χ3v) is 3.08. The van der Waals surface area contributed by atoms with Gasteiger partial charge >= 0.3 is 0 Å². The fraction of sp³-hybridized carbons (Fsp3) is 0.385. The second-order valence-electron chi connectivity index (χ2n) is 4.06. The van der Waals surface area contributed by atoms with Crippen molar-refractivity contribution in [2.75, 3.05) is 5.32 Å². The van der Waals surface area contributed by atoms with Crippen LogP contribution >= 0.6 is 23.8 Å². The molecule has 0 spiro atoms. The van der Waals surface area contributed by atoms with E-state index in [2.05, 4.69) is 12.2 Å². The largest absolute Gasteiger partial charge is 0.389 e. The number of anilines is 1. The number of hydrogen-bond donors (Lipinski definition) is 2. The molecule has 0 saturated heterocycles. The van der Waals surface area contributed by atoms with Crippen molar-refractivity contribution < 1.29 is 4.79 Å². The fourth-order valence-electron chi connectivity index (χ4n) is 1.52. The van der Waals surface area contributed by atoms with Crippen LogP contribution in [0.15, 0.2) is 18.2 Å². The van der Waals surface area contributed by atoms with Gasteiger partial charge in [0.1, 0.15) is 4.99 Å². The number of hydrogen-bond acceptors (Lipinski definition) is 2. The lowest BCUT2D eigenvalue weighted by Crippen LogP contribution is -2.13. The van der Waals surface area contributed by atoms with Gasteiger partial charge in [-0.3, -0.25) is 4.79 Å². The third kappa shape index (κ3) is 4.63. The molecule has 0 aliphatic rings. The van der Waals surface area contributed by atoms with Gasteiger partial charge in [-0.05, 0) is 24.6 Å². The fourth-order valence-corrected chi connectivity index (χ4v) is 1.87. The molecule has 1 amide bonds. The van der Waals surface area contributed by atoms with Gasteiger partial charge in [0.2, 0.25) is 5.91 Å². The topological polar surface area (TPSA) is 55.1 Å². The normalized spacial score (nSPS) is 10.1. The summed E-state index contributed by atoms with van der Waals surface area (Å²) in [5, 5.41) is 3.23. The summed E-state index contributed by atoms with van der Waals surface area (Å²) in [6.45, 7) is 2.10. The quantitative estimate of drug-likeness (QED) is 0.621. The van der Waals surface area contributed by atoms with Crippen LogP contribution in [0.3, 0.4) is 0 Å². The van der Waals surface area contributed by atoms with E-state index in [1.807, 2.05) is 0 Å². The summed E-state index contributed by atoms with van der Waals surface area (Å²) in [5.41, 5.74) is 6.79. The summed E-state index contributed by atoms with van der Waals surface area (Å²) in [5.74, 6) is -0.0200. The average Bonchev–Trinajstić information content (AvgIpc) is 2.32. The second-order valence-corrected chi connectivity index (χ2v) is 4.91. The van der Waals surface area contributed by atoms with E-state index in [-0.39, 0.29) is 10.9 Å². The summed E-state index contributed by atoms with van der Waals surface area (Å²) in [6, 6.07) is 5.12. The monoisotopic (exact) mass is 284 g/mol. The highest BCUT2D eigenvalue weighted by Gasteiger charge is 2.07. The predicted octanol–water partition coefficient (Wildman–Crippen LogP) is 3.49. The molecule has 1 aromatic carbocycles. The summed E-state index contributed by atoms with van der Waals surface area (Å²) >= 11 is 10.9. The molecule has 1 rings (SSSR count). The minimum atomic E-state index is -0.0200. The van der Waals surface area contributed by atoms with Gasteiger partial charge in [-0.25, -0.2) is 0 Å². The van der Waals surface area contributed by atoms with E-state index in [0.717, 1.165) is 19.3 Å². The van der Waals surface area contributed by atoms with Crippen LogP contribution in [0.4, 0.5) is 5.69 Å². The Balaban J connectivity index is 2.62. The van der Waals surface area contributed by atoms with Gasteiger partial charge in [0.15, 0.2) is 0 Å². The Morgan fingerprint density at radius 3 is 2.72 bits per heavy atom. The molecule has 0 bridgehead atoms. The maximum Gasteiger partial charge on any atom is 0.224 e. The van der Waals surface area contributed by atoms with E-state index in [4.69, 9.17) is 29.6 Å². The molecule has 0 atom stereocenters. The molecule has 0 aromatic heterocycles. The highest BCUT2D eigenvalue weighted by molar-refractivity contribution is 7.80. The van der Waals surface area contributed by atoms with Crippen LogP contribution < -0.4 is 11.1 Å². The summed E-state index contributed by atoms with van der Waals surface area (Å²) in [4.78, 5) is 11.9. The van der Waals surface area contributed by atoms with Gasteiger partial charge in [0, 0.05) is 12.0 Å². The SMILES string of the molecule is CCCCCC(=O)Nc1ccc(C(N)=S)cc1Cl. The van der Waals surface area contributed by atoms with Gasteiger partial charge in [-0.1, -0.05) is 43.6 Å². The molecule has 18 heavy (non-hydrogen) atoms. The van der Waals surface area contributed by atoms with E-state index in [0.29, 0.717) is 22.7 Å². The van der Waals surface area contributed by atoms with Crippen molar-refractivity contribution in [3.8, 4) is 0 Å². The van der Waals surface area contributed by atoms with Crippen molar-refractivity contribution in [1.29, 1.82) is 0 Å².